The van der Waals surface area contributed by atoms with E-state index in [-0.39, 0.29) is 5.91 Å². The summed E-state index contributed by atoms with van der Waals surface area (Å²) in [6.45, 7) is 3.17. The zero-order valence-corrected chi connectivity index (χ0v) is 18.1. The number of hydrogen-bond donors (Lipinski definition) is 2. The van der Waals surface area contributed by atoms with Crippen LogP contribution in [-0.4, -0.2) is 5.91 Å². The number of ether oxygens (including phenoxy) is 1. The van der Waals surface area contributed by atoms with Crippen LogP contribution in [0.3, 0.4) is 0 Å². The molecule has 0 bridgehead atoms. The number of thiophene rings is 1. The first-order valence-corrected chi connectivity index (χ1v) is 11.0. The van der Waals surface area contributed by atoms with E-state index in [1.807, 2.05) is 79.7 Å². The standard InChI is InChI=1S/C26H24N2O2S/c1-19-7-2-3-13-25(19)26(29)28-22-10-5-9-21(16-22)27-17-20-8-4-11-23(15-20)30-18-24-12-6-14-31-24/h2-16,27H,17-18H2,1H3,(H,28,29). The SMILES string of the molecule is Cc1ccccc1C(=O)Nc1cccc(NCc2cccc(OCc3cccs3)c2)c1. The lowest BCUT2D eigenvalue weighted by molar-refractivity contribution is 0.102. The molecule has 4 rings (SSSR count). The highest BCUT2D eigenvalue weighted by atomic mass is 32.1. The Bertz CT molecular complexity index is 1160. The minimum atomic E-state index is -0.106. The topological polar surface area (TPSA) is 50.4 Å². The van der Waals surface area contributed by atoms with Crippen molar-refractivity contribution in [2.24, 2.45) is 0 Å². The highest BCUT2D eigenvalue weighted by molar-refractivity contribution is 7.09. The quantitative estimate of drug-likeness (QED) is 0.337. The number of benzene rings is 3. The monoisotopic (exact) mass is 428 g/mol. The lowest BCUT2D eigenvalue weighted by atomic mass is 10.1. The van der Waals surface area contributed by atoms with Gasteiger partial charge in [0.2, 0.25) is 0 Å². The summed E-state index contributed by atoms with van der Waals surface area (Å²) in [5, 5.41) is 8.45. The van der Waals surface area contributed by atoms with Gasteiger partial charge in [0.05, 0.1) is 0 Å². The molecule has 1 aromatic heterocycles. The number of nitrogens with one attached hydrogen (secondary N) is 2. The summed E-state index contributed by atoms with van der Waals surface area (Å²) in [5.74, 6) is 0.748. The average molecular weight is 429 g/mol. The first-order chi connectivity index (χ1) is 15.2. The highest BCUT2D eigenvalue weighted by Crippen LogP contribution is 2.20. The zero-order chi connectivity index (χ0) is 21.5. The lowest BCUT2D eigenvalue weighted by Gasteiger charge is -2.11. The van der Waals surface area contributed by atoms with Crippen LogP contribution >= 0.6 is 11.3 Å². The minimum absolute atomic E-state index is 0.106. The van der Waals surface area contributed by atoms with Gasteiger partial charge in [0, 0.05) is 28.4 Å². The Labute approximate surface area is 186 Å². The molecule has 5 heteroatoms. The second-order valence-corrected chi connectivity index (χ2v) is 8.25. The summed E-state index contributed by atoms with van der Waals surface area (Å²) in [6.07, 6.45) is 0. The maximum atomic E-state index is 12.6. The van der Waals surface area contributed by atoms with Gasteiger partial charge in [-0.15, -0.1) is 11.3 Å². The van der Waals surface area contributed by atoms with Crippen molar-refractivity contribution in [3.8, 4) is 5.75 Å². The van der Waals surface area contributed by atoms with Crippen molar-refractivity contribution >= 4 is 28.6 Å². The van der Waals surface area contributed by atoms with Crippen molar-refractivity contribution in [2.45, 2.75) is 20.1 Å². The third kappa shape index (κ3) is 5.74. The van der Waals surface area contributed by atoms with Gasteiger partial charge in [-0.3, -0.25) is 4.79 Å². The van der Waals surface area contributed by atoms with Crippen molar-refractivity contribution < 1.29 is 9.53 Å². The Morgan fingerprint density at radius 2 is 1.74 bits per heavy atom. The van der Waals surface area contributed by atoms with E-state index >= 15 is 0 Å². The smallest absolute Gasteiger partial charge is 0.255 e. The van der Waals surface area contributed by atoms with Gasteiger partial charge in [0.1, 0.15) is 12.4 Å². The van der Waals surface area contributed by atoms with Crippen molar-refractivity contribution in [3.05, 3.63) is 112 Å². The first-order valence-electron chi connectivity index (χ1n) is 10.1. The van der Waals surface area contributed by atoms with Crippen LogP contribution in [-0.2, 0) is 13.2 Å². The molecule has 3 aromatic carbocycles. The second-order valence-electron chi connectivity index (χ2n) is 7.22. The molecule has 0 aliphatic heterocycles. The summed E-state index contributed by atoms with van der Waals surface area (Å²) in [6, 6.07) is 27.5. The van der Waals surface area contributed by atoms with Crippen LogP contribution in [0.2, 0.25) is 0 Å². The van der Waals surface area contributed by atoms with Crippen LogP contribution in [0.15, 0.2) is 90.3 Å². The van der Waals surface area contributed by atoms with Crippen molar-refractivity contribution in [3.63, 3.8) is 0 Å². The van der Waals surface area contributed by atoms with Gasteiger partial charge in [0.25, 0.3) is 5.91 Å². The molecule has 31 heavy (non-hydrogen) atoms. The molecule has 156 valence electrons. The van der Waals surface area contributed by atoms with E-state index in [0.717, 1.165) is 28.3 Å². The average Bonchev–Trinajstić information content (AvgIpc) is 3.31. The van der Waals surface area contributed by atoms with Gasteiger partial charge in [-0.2, -0.15) is 0 Å². The first kappa shape index (κ1) is 20.7. The highest BCUT2D eigenvalue weighted by Gasteiger charge is 2.08. The molecule has 0 aliphatic carbocycles. The molecule has 0 fully saturated rings. The summed E-state index contributed by atoms with van der Waals surface area (Å²) in [4.78, 5) is 13.8. The van der Waals surface area contributed by atoms with Crippen LogP contribution in [0.25, 0.3) is 0 Å². The fraction of sp³-hybridized carbons (Fsp3) is 0.115. The van der Waals surface area contributed by atoms with Gasteiger partial charge in [-0.25, -0.2) is 0 Å². The normalized spacial score (nSPS) is 10.5. The Morgan fingerprint density at radius 3 is 2.58 bits per heavy atom. The van der Waals surface area contributed by atoms with Crippen LogP contribution in [0, 0.1) is 6.92 Å². The van der Waals surface area contributed by atoms with E-state index in [2.05, 4.69) is 28.1 Å². The lowest BCUT2D eigenvalue weighted by Crippen LogP contribution is -2.13. The predicted molar refractivity (Wildman–Crippen MR) is 128 cm³/mol. The molecule has 2 N–H and O–H groups in total. The zero-order valence-electron chi connectivity index (χ0n) is 17.3. The molecule has 0 aliphatic rings. The van der Waals surface area contributed by atoms with Crippen LogP contribution < -0.4 is 15.4 Å². The fourth-order valence-electron chi connectivity index (χ4n) is 3.23. The molecular formula is C26H24N2O2S. The number of carbonyl (C=O) groups excluding carboxylic acids is 1. The Kier molecular flexibility index (Phi) is 6.65. The van der Waals surface area contributed by atoms with Crippen LogP contribution in [0.1, 0.15) is 26.4 Å². The predicted octanol–water partition coefficient (Wildman–Crippen LogP) is 6.50. The summed E-state index contributed by atoms with van der Waals surface area (Å²) >= 11 is 1.69. The number of amides is 1. The van der Waals surface area contributed by atoms with E-state index in [1.165, 1.54) is 4.88 Å². The van der Waals surface area contributed by atoms with E-state index < -0.39 is 0 Å². The molecule has 0 unspecified atom stereocenters. The molecule has 0 saturated heterocycles. The molecule has 4 aromatic rings. The molecular weight excluding hydrogens is 404 g/mol. The fourth-order valence-corrected chi connectivity index (χ4v) is 3.85. The maximum Gasteiger partial charge on any atom is 0.255 e. The van der Waals surface area contributed by atoms with Gasteiger partial charge >= 0.3 is 0 Å². The number of anilines is 2. The molecule has 0 saturated carbocycles. The summed E-state index contributed by atoms with van der Waals surface area (Å²) < 4.78 is 5.89. The second kappa shape index (κ2) is 9.96. The Morgan fingerprint density at radius 1 is 0.903 bits per heavy atom. The van der Waals surface area contributed by atoms with E-state index in [1.54, 1.807) is 11.3 Å². The van der Waals surface area contributed by atoms with Crippen LogP contribution in [0.5, 0.6) is 5.75 Å². The van der Waals surface area contributed by atoms with Crippen molar-refractivity contribution in [1.29, 1.82) is 0 Å². The van der Waals surface area contributed by atoms with Crippen molar-refractivity contribution in [2.75, 3.05) is 10.6 Å². The van der Waals surface area contributed by atoms with Crippen LogP contribution in [0.4, 0.5) is 11.4 Å². The molecule has 0 spiro atoms. The molecule has 1 amide bonds. The van der Waals surface area contributed by atoms with Gasteiger partial charge in [-0.1, -0.05) is 42.5 Å². The number of rotatable bonds is 8. The molecule has 0 radical (unpaired) electrons. The maximum absolute atomic E-state index is 12.6. The number of aryl methyl sites for hydroxylation is 1. The third-order valence-corrected chi connectivity index (χ3v) is 5.72. The summed E-state index contributed by atoms with van der Waals surface area (Å²) in [7, 11) is 0. The Balaban J connectivity index is 1.35. The largest absolute Gasteiger partial charge is 0.488 e. The van der Waals surface area contributed by atoms with Gasteiger partial charge in [-0.05, 0) is 65.9 Å². The number of carbonyl (C=O) groups is 1. The summed E-state index contributed by atoms with van der Waals surface area (Å²) in [5.41, 5.74) is 4.45. The number of hydrogen-bond acceptors (Lipinski definition) is 4. The molecule has 1 heterocycles. The Hall–Kier alpha value is -3.57. The van der Waals surface area contributed by atoms with E-state index in [0.29, 0.717) is 18.7 Å². The van der Waals surface area contributed by atoms with E-state index in [4.69, 9.17) is 4.74 Å². The minimum Gasteiger partial charge on any atom is -0.488 e. The molecule has 4 nitrogen and oxygen atoms in total. The molecule has 0 atom stereocenters. The van der Waals surface area contributed by atoms with E-state index in [9.17, 15) is 4.79 Å². The van der Waals surface area contributed by atoms with Gasteiger partial charge < -0.3 is 15.4 Å². The third-order valence-electron chi connectivity index (χ3n) is 4.87. The van der Waals surface area contributed by atoms with Crippen molar-refractivity contribution in [1.82, 2.24) is 0 Å². The van der Waals surface area contributed by atoms with Gasteiger partial charge in [0.15, 0.2) is 0 Å².